The lowest BCUT2D eigenvalue weighted by Crippen LogP contribution is -2.41. The average Bonchev–Trinajstić information content (AvgIpc) is 2.59. The van der Waals surface area contributed by atoms with Gasteiger partial charge in [-0.15, -0.1) is 11.8 Å². The van der Waals surface area contributed by atoms with Gasteiger partial charge in [0.25, 0.3) is 0 Å². The van der Waals surface area contributed by atoms with E-state index < -0.39 is 0 Å². The summed E-state index contributed by atoms with van der Waals surface area (Å²) in [6, 6.07) is 11.6. The first-order chi connectivity index (χ1) is 10.9. The first-order valence-electron chi connectivity index (χ1n) is 9.02. The highest BCUT2D eigenvalue weighted by molar-refractivity contribution is 7.99. The number of thioether (sulfide) groups is 1. The van der Waals surface area contributed by atoms with Crippen molar-refractivity contribution in [3.63, 3.8) is 0 Å². The van der Waals surface area contributed by atoms with Gasteiger partial charge in [0.1, 0.15) is 0 Å². The van der Waals surface area contributed by atoms with Crippen molar-refractivity contribution in [2.45, 2.75) is 56.4 Å². The molecule has 1 aliphatic rings. The summed E-state index contributed by atoms with van der Waals surface area (Å²) in [4.78, 5) is 4.07. The van der Waals surface area contributed by atoms with Crippen LogP contribution in [0.25, 0.3) is 0 Å². The van der Waals surface area contributed by atoms with Gasteiger partial charge in [0.2, 0.25) is 0 Å². The molecule has 3 heteroatoms. The fourth-order valence-corrected chi connectivity index (χ4v) is 4.17. The fourth-order valence-electron chi connectivity index (χ4n) is 3.30. The Balaban J connectivity index is 1.49. The maximum absolute atomic E-state index is 3.62. The van der Waals surface area contributed by atoms with Gasteiger partial charge >= 0.3 is 0 Å². The summed E-state index contributed by atoms with van der Waals surface area (Å²) in [6.45, 7) is 7.01. The minimum absolute atomic E-state index is 0.856. The quantitative estimate of drug-likeness (QED) is 0.508. The van der Waals surface area contributed by atoms with Gasteiger partial charge in [-0.05, 0) is 50.2 Å². The second-order valence-electron chi connectivity index (χ2n) is 6.19. The monoisotopic (exact) mass is 320 g/mol. The van der Waals surface area contributed by atoms with Crippen LogP contribution in [0, 0.1) is 0 Å². The molecule has 1 aliphatic carbocycles. The van der Waals surface area contributed by atoms with Gasteiger partial charge in [-0.2, -0.15) is 0 Å². The Labute approximate surface area is 141 Å². The summed E-state index contributed by atoms with van der Waals surface area (Å²) in [5.41, 5.74) is 0. The van der Waals surface area contributed by atoms with Crippen molar-refractivity contribution < 1.29 is 0 Å². The Hall–Kier alpha value is -0.510. The maximum atomic E-state index is 3.62. The van der Waals surface area contributed by atoms with E-state index in [9.17, 15) is 0 Å². The topological polar surface area (TPSA) is 15.3 Å². The Morgan fingerprint density at radius 1 is 1.09 bits per heavy atom. The summed E-state index contributed by atoms with van der Waals surface area (Å²) >= 11 is 1.96. The van der Waals surface area contributed by atoms with Crippen LogP contribution < -0.4 is 5.32 Å². The number of hydrogen-bond acceptors (Lipinski definition) is 3. The van der Waals surface area contributed by atoms with E-state index in [1.165, 1.54) is 62.3 Å². The number of likely N-dealkylation sites (N-methyl/N-ethyl adjacent to an activating group) is 1. The van der Waals surface area contributed by atoms with Crippen LogP contribution in [0.15, 0.2) is 35.2 Å². The SMILES string of the molecule is CCN(CCNCCCSc1ccccc1)C1CCCCC1. The standard InChI is InChI=1S/C19H32N2S/c1-2-21(18-10-5-3-6-11-18)16-15-20-14-9-17-22-19-12-7-4-8-13-19/h4,7-8,12-13,18,20H,2-3,5-6,9-11,14-17H2,1H3. The van der Waals surface area contributed by atoms with Gasteiger partial charge in [-0.1, -0.05) is 44.4 Å². The first kappa shape index (κ1) is 17.8. The molecule has 0 aromatic heterocycles. The summed E-state index contributed by atoms with van der Waals surface area (Å²) in [5.74, 6) is 1.21. The lowest BCUT2D eigenvalue weighted by Gasteiger charge is -2.33. The van der Waals surface area contributed by atoms with E-state index in [0.717, 1.165) is 19.1 Å². The van der Waals surface area contributed by atoms with Crippen molar-refractivity contribution in [1.29, 1.82) is 0 Å². The molecule has 22 heavy (non-hydrogen) atoms. The molecule has 2 nitrogen and oxygen atoms in total. The highest BCUT2D eigenvalue weighted by atomic mass is 32.2. The normalized spacial score (nSPS) is 16.3. The van der Waals surface area contributed by atoms with Crippen molar-refractivity contribution in [3.8, 4) is 0 Å². The lowest BCUT2D eigenvalue weighted by molar-refractivity contribution is 0.164. The second-order valence-corrected chi connectivity index (χ2v) is 7.35. The molecular formula is C19H32N2S. The molecule has 0 unspecified atom stereocenters. The molecule has 0 radical (unpaired) electrons. The molecule has 0 heterocycles. The molecule has 1 aromatic carbocycles. The van der Waals surface area contributed by atoms with E-state index in [-0.39, 0.29) is 0 Å². The number of benzene rings is 1. The van der Waals surface area contributed by atoms with E-state index in [1.54, 1.807) is 0 Å². The van der Waals surface area contributed by atoms with Gasteiger partial charge in [-0.3, -0.25) is 4.90 Å². The molecule has 1 fully saturated rings. The number of nitrogens with zero attached hydrogens (tertiary/aromatic N) is 1. The van der Waals surface area contributed by atoms with Crippen LogP contribution in [0.1, 0.15) is 45.4 Å². The van der Waals surface area contributed by atoms with Crippen LogP contribution in [0.4, 0.5) is 0 Å². The maximum Gasteiger partial charge on any atom is 0.0110 e. The highest BCUT2D eigenvalue weighted by Crippen LogP contribution is 2.22. The minimum atomic E-state index is 0.856. The summed E-state index contributed by atoms with van der Waals surface area (Å²) in [7, 11) is 0. The van der Waals surface area contributed by atoms with Crippen molar-refractivity contribution >= 4 is 11.8 Å². The van der Waals surface area contributed by atoms with E-state index in [1.807, 2.05) is 11.8 Å². The number of nitrogens with one attached hydrogen (secondary N) is 1. The van der Waals surface area contributed by atoms with Crippen molar-refractivity contribution in [2.24, 2.45) is 0 Å². The van der Waals surface area contributed by atoms with E-state index >= 15 is 0 Å². The molecule has 0 atom stereocenters. The Bertz CT molecular complexity index is 376. The van der Waals surface area contributed by atoms with Gasteiger partial charge in [-0.25, -0.2) is 0 Å². The molecule has 124 valence electrons. The number of hydrogen-bond donors (Lipinski definition) is 1. The van der Waals surface area contributed by atoms with Crippen LogP contribution in [0.5, 0.6) is 0 Å². The molecule has 0 bridgehead atoms. The van der Waals surface area contributed by atoms with Crippen molar-refractivity contribution in [1.82, 2.24) is 10.2 Å². The largest absolute Gasteiger partial charge is 0.315 e. The third-order valence-electron chi connectivity index (χ3n) is 4.58. The van der Waals surface area contributed by atoms with Crippen LogP contribution in [0.3, 0.4) is 0 Å². The molecule has 2 rings (SSSR count). The fraction of sp³-hybridized carbons (Fsp3) is 0.684. The lowest BCUT2D eigenvalue weighted by atomic mass is 9.94. The van der Waals surface area contributed by atoms with Crippen LogP contribution in [-0.2, 0) is 0 Å². The van der Waals surface area contributed by atoms with Gasteiger partial charge in [0.05, 0.1) is 0 Å². The Kier molecular flexibility index (Phi) is 8.99. The van der Waals surface area contributed by atoms with E-state index in [0.29, 0.717) is 0 Å². The predicted octanol–water partition coefficient (Wildman–Crippen LogP) is 4.41. The summed E-state index contributed by atoms with van der Waals surface area (Å²) < 4.78 is 0. The molecule has 1 aromatic rings. The van der Waals surface area contributed by atoms with Crippen LogP contribution in [-0.4, -0.2) is 42.9 Å². The average molecular weight is 321 g/mol. The van der Waals surface area contributed by atoms with Crippen LogP contribution >= 0.6 is 11.8 Å². The molecule has 1 N–H and O–H groups in total. The van der Waals surface area contributed by atoms with E-state index in [2.05, 4.69) is 47.5 Å². The molecule has 0 amide bonds. The van der Waals surface area contributed by atoms with E-state index in [4.69, 9.17) is 0 Å². The summed E-state index contributed by atoms with van der Waals surface area (Å²) in [5, 5.41) is 3.62. The zero-order chi connectivity index (χ0) is 15.5. The smallest absolute Gasteiger partial charge is 0.0110 e. The van der Waals surface area contributed by atoms with Gasteiger partial charge in [0.15, 0.2) is 0 Å². The molecule has 0 spiro atoms. The summed E-state index contributed by atoms with van der Waals surface area (Å²) in [6.07, 6.45) is 8.40. The van der Waals surface area contributed by atoms with Crippen molar-refractivity contribution in [3.05, 3.63) is 30.3 Å². The Morgan fingerprint density at radius 2 is 1.86 bits per heavy atom. The second kappa shape index (κ2) is 11.1. The predicted molar refractivity (Wildman–Crippen MR) is 98.8 cm³/mol. The molecular weight excluding hydrogens is 288 g/mol. The third kappa shape index (κ3) is 6.72. The van der Waals surface area contributed by atoms with Crippen molar-refractivity contribution in [2.75, 3.05) is 31.9 Å². The zero-order valence-corrected chi connectivity index (χ0v) is 14.9. The minimum Gasteiger partial charge on any atom is -0.315 e. The Morgan fingerprint density at radius 3 is 2.59 bits per heavy atom. The molecule has 0 saturated heterocycles. The third-order valence-corrected chi connectivity index (χ3v) is 5.68. The zero-order valence-electron chi connectivity index (χ0n) is 14.1. The molecule has 1 saturated carbocycles. The molecule has 0 aliphatic heterocycles. The first-order valence-corrected chi connectivity index (χ1v) is 10.0. The van der Waals surface area contributed by atoms with Gasteiger partial charge < -0.3 is 5.32 Å². The highest BCUT2D eigenvalue weighted by Gasteiger charge is 2.18. The number of rotatable bonds is 10. The van der Waals surface area contributed by atoms with Gasteiger partial charge in [0, 0.05) is 24.0 Å². The van der Waals surface area contributed by atoms with Crippen LogP contribution in [0.2, 0.25) is 0 Å².